The van der Waals surface area contributed by atoms with Crippen molar-refractivity contribution in [2.75, 3.05) is 37.3 Å². The minimum Gasteiger partial charge on any atom is -0.368 e. The molecule has 2 rings (SSSR count). The first-order valence-electron chi connectivity index (χ1n) is 6.39. The van der Waals surface area contributed by atoms with Crippen molar-refractivity contribution in [2.45, 2.75) is 0 Å². The summed E-state index contributed by atoms with van der Waals surface area (Å²) < 4.78 is 0.557. The average Bonchev–Trinajstić information content (AvgIpc) is 2.53. The van der Waals surface area contributed by atoms with Gasteiger partial charge in [-0.15, -0.1) is 0 Å². The van der Waals surface area contributed by atoms with Crippen molar-refractivity contribution in [1.29, 1.82) is 0 Å². The van der Waals surface area contributed by atoms with Gasteiger partial charge in [-0.2, -0.15) is 0 Å². The highest BCUT2D eigenvalue weighted by atomic mass is 32.2. The van der Waals surface area contributed by atoms with Crippen LogP contribution in [-0.4, -0.2) is 47.7 Å². The molecule has 1 aliphatic heterocycles. The van der Waals surface area contributed by atoms with E-state index < -0.39 is 0 Å². The van der Waals surface area contributed by atoms with Crippen LogP contribution in [0.4, 0.5) is 10.5 Å². The van der Waals surface area contributed by atoms with E-state index in [0.29, 0.717) is 17.4 Å². The smallest absolute Gasteiger partial charge is 0.336 e. The SMILES string of the molecule is CSC(=S)NNC(=O)N1CCN(c2ccccc2)CC1. The first-order valence-corrected chi connectivity index (χ1v) is 8.03. The van der Waals surface area contributed by atoms with Gasteiger partial charge in [-0.05, 0) is 18.4 Å². The second-order valence-corrected chi connectivity index (χ2v) is 5.84. The Morgan fingerprint density at radius 1 is 1.15 bits per heavy atom. The quantitative estimate of drug-likeness (QED) is 0.610. The number of hydrazine groups is 1. The highest BCUT2D eigenvalue weighted by Crippen LogP contribution is 2.15. The molecule has 2 N–H and O–H groups in total. The lowest BCUT2D eigenvalue weighted by Crippen LogP contribution is -2.54. The van der Waals surface area contributed by atoms with Gasteiger partial charge in [-0.25, -0.2) is 4.79 Å². The molecular weight excluding hydrogens is 292 g/mol. The summed E-state index contributed by atoms with van der Waals surface area (Å²) in [5.41, 5.74) is 6.53. The first kappa shape index (κ1) is 14.9. The van der Waals surface area contributed by atoms with Gasteiger partial charge < -0.3 is 9.80 Å². The van der Waals surface area contributed by atoms with Crippen LogP contribution in [-0.2, 0) is 0 Å². The fourth-order valence-electron chi connectivity index (χ4n) is 2.04. The van der Waals surface area contributed by atoms with E-state index in [2.05, 4.69) is 27.9 Å². The fourth-order valence-corrected chi connectivity index (χ4v) is 2.25. The number of piperazine rings is 1. The van der Waals surface area contributed by atoms with Crippen LogP contribution < -0.4 is 15.8 Å². The molecule has 1 aromatic carbocycles. The maximum atomic E-state index is 11.9. The molecule has 0 spiro atoms. The molecule has 108 valence electrons. The largest absolute Gasteiger partial charge is 0.368 e. The van der Waals surface area contributed by atoms with Crippen molar-refractivity contribution >= 4 is 40.0 Å². The Kier molecular flexibility index (Phi) is 5.49. The predicted octanol–water partition coefficient (Wildman–Crippen LogP) is 1.67. The third-order valence-electron chi connectivity index (χ3n) is 3.15. The van der Waals surface area contributed by atoms with Crippen molar-refractivity contribution in [3.8, 4) is 0 Å². The number of para-hydroxylation sites is 1. The zero-order valence-electron chi connectivity index (χ0n) is 11.3. The fraction of sp³-hybridized carbons (Fsp3) is 0.385. The number of nitrogens with zero attached hydrogens (tertiary/aromatic N) is 2. The Bertz CT molecular complexity index is 461. The van der Waals surface area contributed by atoms with Gasteiger partial charge in [0, 0.05) is 31.9 Å². The van der Waals surface area contributed by atoms with Gasteiger partial charge in [0.2, 0.25) is 0 Å². The van der Waals surface area contributed by atoms with Crippen LogP contribution in [0.3, 0.4) is 0 Å². The van der Waals surface area contributed by atoms with E-state index in [-0.39, 0.29) is 6.03 Å². The summed E-state index contributed by atoms with van der Waals surface area (Å²) >= 11 is 6.36. The van der Waals surface area contributed by atoms with E-state index in [4.69, 9.17) is 12.2 Å². The zero-order chi connectivity index (χ0) is 14.4. The monoisotopic (exact) mass is 310 g/mol. The molecule has 20 heavy (non-hydrogen) atoms. The van der Waals surface area contributed by atoms with Crippen molar-refractivity contribution in [3.63, 3.8) is 0 Å². The summed E-state index contributed by atoms with van der Waals surface area (Å²) in [6, 6.07) is 10.1. The van der Waals surface area contributed by atoms with Crippen molar-refractivity contribution in [3.05, 3.63) is 30.3 Å². The lowest BCUT2D eigenvalue weighted by atomic mass is 10.2. The highest BCUT2D eigenvalue weighted by molar-refractivity contribution is 8.22. The molecule has 1 saturated heterocycles. The summed E-state index contributed by atoms with van der Waals surface area (Å²) in [5.74, 6) is 0. The Morgan fingerprint density at radius 3 is 2.40 bits per heavy atom. The van der Waals surface area contributed by atoms with Crippen molar-refractivity contribution in [1.82, 2.24) is 15.8 Å². The molecule has 0 saturated carbocycles. The summed E-state index contributed by atoms with van der Waals surface area (Å²) in [4.78, 5) is 16.0. The Morgan fingerprint density at radius 2 is 1.80 bits per heavy atom. The molecule has 7 heteroatoms. The summed E-state index contributed by atoms with van der Waals surface area (Å²) in [6.07, 6.45) is 1.86. The number of carbonyl (C=O) groups excluding carboxylic acids is 1. The first-order chi connectivity index (χ1) is 9.70. The number of rotatable bonds is 1. The number of thiocarbonyl (C=S) groups is 1. The molecule has 2 amide bonds. The lowest BCUT2D eigenvalue weighted by molar-refractivity contribution is 0.192. The van der Waals surface area contributed by atoms with Crippen LogP contribution in [0.1, 0.15) is 0 Å². The minimum absolute atomic E-state index is 0.130. The summed E-state index contributed by atoms with van der Waals surface area (Å²) in [5, 5.41) is 0. The van der Waals surface area contributed by atoms with E-state index in [0.717, 1.165) is 13.1 Å². The average molecular weight is 310 g/mol. The van der Waals surface area contributed by atoms with Crippen LogP contribution in [0.5, 0.6) is 0 Å². The van der Waals surface area contributed by atoms with Crippen LogP contribution in [0, 0.1) is 0 Å². The van der Waals surface area contributed by atoms with Crippen molar-refractivity contribution < 1.29 is 4.79 Å². The third kappa shape index (κ3) is 4.01. The second-order valence-electron chi connectivity index (χ2n) is 4.36. The van der Waals surface area contributed by atoms with Gasteiger partial charge in [0.25, 0.3) is 0 Å². The number of carbonyl (C=O) groups is 1. The topological polar surface area (TPSA) is 47.6 Å². The number of anilines is 1. The van der Waals surface area contributed by atoms with Crippen LogP contribution >= 0.6 is 24.0 Å². The Labute approximate surface area is 128 Å². The molecule has 1 aromatic rings. The molecule has 0 radical (unpaired) electrons. The van der Waals surface area contributed by atoms with Gasteiger partial charge in [-0.3, -0.25) is 10.9 Å². The van der Waals surface area contributed by atoms with Crippen LogP contribution in [0.2, 0.25) is 0 Å². The molecule has 0 aliphatic carbocycles. The lowest BCUT2D eigenvalue weighted by Gasteiger charge is -2.36. The van der Waals surface area contributed by atoms with Gasteiger partial charge in [-0.1, -0.05) is 42.2 Å². The molecule has 0 aromatic heterocycles. The number of hydrogen-bond acceptors (Lipinski definition) is 4. The van der Waals surface area contributed by atoms with Crippen LogP contribution in [0.25, 0.3) is 0 Å². The molecule has 1 aliphatic rings. The standard InChI is InChI=1S/C13H18N4OS2/c1-20-13(19)15-14-12(18)17-9-7-16(8-10-17)11-5-3-2-4-6-11/h2-6H,7-10H2,1H3,(H,14,18)(H,15,19). The molecule has 0 atom stereocenters. The Balaban J connectivity index is 1.79. The summed E-state index contributed by atoms with van der Waals surface area (Å²) in [6.45, 7) is 3.08. The molecular formula is C13H18N4OS2. The Hall–Kier alpha value is -1.47. The van der Waals surface area contributed by atoms with E-state index in [1.165, 1.54) is 17.4 Å². The maximum absolute atomic E-state index is 11.9. The number of urea groups is 1. The van der Waals surface area contributed by atoms with Gasteiger partial charge in [0.05, 0.1) is 0 Å². The van der Waals surface area contributed by atoms with E-state index in [1.54, 1.807) is 4.90 Å². The molecule has 1 heterocycles. The summed E-state index contributed by atoms with van der Waals surface area (Å²) in [7, 11) is 0. The minimum atomic E-state index is -0.130. The number of amides is 2. The second kappa shape index (κ2) is 7.35. The van der Waals surface area contributed by atoms with E-state index in [1.807, 2.05) is 24.5 Å². The molecule has 1 fully saturated rings. The normalized spacial score (nSPS) is 14.8. The zero-order valence-corrected chi connectivity index (χ0v) is 13.0. The maximum Gasteiger partial charge on any atom is 0.336 e. The third-order valence-corrected chi connectivity index (χ3v) is 4.22. The van der Waals surface area contributed by atoms with Crippen molar-refractivity contribution in [2.24, 2.45) is 0 Å². The van der Waals surface area contributed by atoms with E-state index >= 15 is 0 Å². The number of thioether (sulfide) groups is 1. The van der Waals surface area contributed by atoms with Gasteiger partial charge >= 0.3 is 6.03 Å². The number of benzene rings is 1. The van der Waals surface area contributed by atoms with E-state index in [9.17, 15) is 4.79 Å². The number of hydrogen-bond donors (Lipinski definition) is 2. The van der Waals surface area contributed by atoms with Crippen LogP contribution in [0.15, 0.2) is 30.3 Å². The van der Waals surface area contributed by atoms with Gasteiger partial charge in [0.1, 0.15) is 0 Å². The molecule has 0 unspecified atom stereocenters. The molecule has 0 bridgehead atoms. The van der Waals surface area contributed by atoms with Gasteiger partial charge in [0.15, 0.2) is 4.32 Å². The predicted molar refractivity (Wildman–Crippen MR) is 88.0 cm³/mol. The molecule has 5 nitrogen and oxygen atoms in total. The number of nitrogens with one attached hydrogen (secondary N) is 2. The highest BCUT2D eigenvalue weighted by Gasteiger charge is 2.21.